The van der Waals surface area contributed by atoms with Crippen LogP contribution in [0.1, 0.15) is 58.8 Å². The van der Waals surface area contributed by atoms with E-state index in [2.05, 4.69) is 17.2 Å². The molecule has 1 saturated carbocycles. The van der Waals surface area contributed by atoms with Gasteiger partial charge in [0.2, 0.25) is 0 Å². The predicted molar refractivity (Wildman–Crippen MR) is 81.4 cm³/mol. The molecule has 19 heavy (non-hydrogen) atoms. The zero-order valence-electron chi connectivity index (χ0n) is 12.7. The minimum atomic E-state index is 0.355. The number of nitrogens with zero attached hydrogens (tertiary/aromatic N) is 1. The van der Waals surface area contributed by atoms with Crippen molar-refractivity contribution in [3.05, 3.63) is 0 Å². The largest absolute Gasteiger partial charge is 0.382 e. The summed E-state index contributed by atoms with van der Waals surface area (Å²) in [7, 11) is 0. The van der Waals surface area contributed by atoms with Gasteiger partial charge in [0, 0.05) is 26.3 Å². The van der Waals surface area contributed by atoms with E-state index in [1.165, 1.54) is 38.5 Å². The molecule has 0 heterocycles. The van der Waals surface area contributed by atoms with Gasteiger partial charge in [-0.1, -0.05) is 32.6 Å². The van der Waals surface area contributed by atoms with Gasteiger partial charge in [-0.05, 0) is 31.6 Å². The van der Waals surface area contributed by atoms with Gasteiger partial charge in [-0.2, -0.15) is 0 Å². The molecule has 0 aromatic rings. The van der Waals surface area contributed by atoms with E-state index in [-0.39, 0.29) is 0 Å². The van der Waals surface area contributed by atoms with Gasteiger partial charge < -0.3 is 15.8 Å². The SMILES string of the molecule is CCOCCCNC(N)=NCC1(C)CCCCCC1. The summed E-state index contributed by atoms with van der Waals surface area (Å²) in [4.78, 5) is 4.52. The zero-order valence-corrected chi connectivity index (χ0v) is 12.7. The van der Waals surface area contributed by atoms with Crippen LogP contribution in [0, 0.1) is 5.41 Å². The summed E-state index contributed by atoms with van der Waals surface area (Å²) in [5, 5.41) is 3.16. The molecule has 0 radical (unpaired) electrons. The molecule has 1 aliphatic rings. The highest BCUT2D eigenvalue weighted by Crippen LogP contribution is 2.34. The number of nitrogens with one attached hydrogen (secondary N) is 1. The van der Waals surface area contributed by atoms with Crippen molar-refractivity contribution in [2.45, 2.75) is 58.8 Å². The number of aliphatic imine (C=N–C) groups is 1. The maximum Gasteiger partial charge on any atom is 0.188 e. The van der Waals surface area contributed by atoms with Crippen molar-refractivity contribution >= 4 is 5.96 Å². The molecular formula is C15H31N3O. The van der Waals surface area contributed by atoms with E-state index in [0.717, 1.165) is 32.7 Å². The molecule has 1 aliphatic carbocycles. The molecule has 0 aliphatic heterocycles. The van der Waals surface area contributed by atoms with Gasteiger partial charge in [0.1, 0.15) is 0 Å². The Kier molecular flexibility index (Phi) is 7.87. The van der Waals surface area contributed by atoms with Gasteiger partial charge in [-0.3, -0.25) is 4.99 Å². The van der Waals surface area contributed by atoms with Crippen molar-refractivity contribution in [3.63, 3.8) is 0 Å². The van der Waals surface area contributed by atoms with Gasteiger partial charge in [-0.15, -0.1) is 0 Å². The Morgan fingerprint density at radius 3 is 2.58 bits per heavy atom. The van der Waals surface area contributed by atoms with Crippen molar-refractivity contribution < 1.29 is 4.74 Å². The van der Waals surface area contributed by atoms with Gasteiger partial charge >= 0.3 is 0 Å². The van der Waals surface area contributed by atoms with Crippen LogP contribution in [0.15, 0.2) is 4.99 Å². The van der Waals surface area contributed by atoms with Crippen molar-refractivity contribution in [1.29, 1.82) is 0 Å². The molecule has 1 fully saturated rings. The van der Waals surface area contributed by atoms with Crippen LogP contribution in [0.5, 0.6) is 0 Å². The van der Waals surface area contributed by atoms with Crippen LogP contribution < -0.4 is 11.1 Å². The minimum absolute atomic E-state index is 0.355. The lowest BCUT2D eigenvalue weighted by Gasteiger charge is -2.26. The predicted octanol–water partition coefficient (Wildman–Crippen LogP) is 2.68. The maximum absolute atomic E-state index is 5.90. The monoisotopic (exact) mass is 269 g/mol. The number of rotatable bonds is 7. The van der Waals surface area contributed by atoms with E-state index < -0.39 is 0 Å². The fraction of sp³-hybridized carbons (Fsp3) is 0.933. The van der Waals surface area contributed by atoms with E-state index in [1.54, 1.807) is 0 Å². The standard InChI is InChI=1S/C15H31N3O/c1-3-19-12-8-11-17-14(16)18-13-15(2)9-6-4-5-7-10-15/h3-13H2,1-2H3,(H3,16,17,18). The summed E-state index contributed by atoms with van der Waals surface area (Å²) < 4.78 is 5.28. The van der Waals surface area contributed by atoms with Gasteiger partial charge in [0.15, 0.2) is 5.96 Å². The number of hydrogen-bond acceptors (Lipinski definition) is 2. The van der Waals surface area contributed by atoms with Crippen LogP contribution in [0.2, 0.25) is 0 Å². The first-order chi connectivity index (χ1) is 9.16. The molecule has 112 valence electrons. The normalized spacial score (nSPS) is 20.0. The molecule has 4 nitrogen and oxygen atoms in total. The fourth-order valence-corrected chi connectivity index (χ4v) is 2.61. The zero-order chi connectivity index (χ0) is 14.0. The maximum atomic E-state index is 5.90. The second kappa shape index (κ2) is 9.18. The van der Waals surface area contributed by atoms with Crippen LogP contribution in [0.3, 0.4) is 0 Å². The highest BCUT2D eigenvalue weighted by Gasteiger charge is 2.25. The molecule has 0 spiro atoms. The second-order valence-electron chi connectivity index (χ2n) is 5.90. The third-order valence-electron chi connectivity index (χ3n) is 3.92. The van der Waals surface area contributed by atoms with Crippen molar-refractivity contribution in [2.75, 3.05) is 26.3 Å². The molecular weight excluding hydrogens is 238 g/mol. The van der Waals surface area contributed by atoms with Crippen molar-refractivity contribution in [3.8, 4) is 0 Å². The summed E-state index contributed by atoms with van der Waals surface area (Å²) in [6.45, 7) is 7.63. The quantitative estimate of drug-likeness (QED) is 0.323. The van der Waals surface area contributed by atoms with Gasteiger partial charge in [0.25, 0.3) is 0 Å². The second-order valence-corrected chi connectivity index (χ2v) is 5.90. The van der Waals surface area contributed by atoms with Crippen LogP contribution >= 0.6 is 0 Å². The number of nitrogens with two attached hydrogens (primary N) is 1. The summed E-state index contributed by atoms with van der Waals surface area (Å²) in [5.74, 6) is 0.585. The van der Waals surface area contributed by atoms with Crippen molar-refractivity contribution in [2.24, 2.45) is 16.1 Å². The van der Waals surface area contributed by atoms with E-state index in [0.29, 0.717) is 11.4 Å². The van der Waals surface area contributed by atoms with E-state index >= 15 is 0 Å². The van der Waals surface area contributed by atoms with E-state index in [9.17, 15) is 0 Å². The Hall–Kier alpha value is -0.770. The van der Waals surface area contributed by atoms with Gasteiger partial charge in [-0.25, -0.2) is 0 Å². The molecule has 3 N–H and O–H groups in total. The average Bonchev–Trinajstić information content (AvgIpc) is 2.62. The molecule has 0 aromatic heterocycles. The Morgan fingerprint density at radius 1 is 1.26 bits per heavy atom. The molecule has 0 amide bonds. The summed E-state index contributed by atoms with van der Waals surface area (Å²) in [5.41, 5.74) is 6.26. The summed E-state index contributed by atoms with van der Waals surface area (Å²) >= 11 is 0. The third-order valence-corrected chi connectivity index (χ3v) is 3.92. The smallest absolute Gasteiger partial charge is 0.188 e. The number of hydrogen-bond donors (Lipinski definition) is 2. The van der Waals surface area contributed by atoms with Crippen LogP contribution in [0.25, 0.3) is 0 Å². The minimum Gasteiger partial charge on any atom is -0.382 e. The molecule has 0 aromatic carbocycles. The molecule has 0 unspecified atom stereocenters. The number of guanidine groups is 1. The van der Waals surface area contributed by atoms with Gasteiger partial charge in [0.05, 0.1) is 0 Å². The van der Waals surface area contributed by atoms with Crippen molar-refractivity contribution in [1.82, 2.24) is 5.32 Å². The third kappa shape index (κ3) is 7.41. The lowest BCUT2D eigenvalue weighted by atomic mass is 9.83. The highest BCUT2D eigenvalue weighted by molar-refractivity contribution is 5.77. The van der Waals surface area contributed by atoms with Crippen LogP contribution in [0.4, 0.5) is 0 Å². The molecule has 0 bridgehead atoms. The fourth-order valence-electron chi connectivity index (χ4n) is 2.61. The Bertz CT molecular complexity index is 258. The Labute approximate surface area is 118 Å². The Morgan fingerprint density at radius 2 is 1.95 bits per heavy atom. The van der Waals surface area contributed by atoms with E-state index in [4.69, 9.17) is 10.5 Å². The molecule has 0 saturated heterocycles. The Balaban J connectivity index is 2.21. The lowest BCUT2D eigenvalue weighted by Crippen LogP contribution is -2.34. The topological polar surface area (TPSA) is 59.6 Å². The van der Waals surface area contributed by atoms with E-state index in [1.807, 2.05) is 6.92 Å². The molecule has 4 heteroatoms. The first-order valence-electron chi connectivity index (χ1n) is 7.78. The van der Waals surface area contributed by atoms with Crippen LogP contribution in [-0.2, 0) is 4.74 Å². The number of ether oxygens (including phenoxy) is 1. The first-order valence-corrected chi connectivity index (χ1v) is 7.78. The summed E-state index contributed by atoms with van der Waals surface area (Å²) in [6.07, 6.45) is 8.99. The lowest BCUT2D eigenvalue weighted by molar-refractivity contribution is 0.145. The first kappa shape index (κ1) is 16.3. The highest BCUT2D eigenvalue weighted by atomic mass is 16.5. The average molecular weight is 269 g/mol. The van der Waals surface area contributed by atoms with Crippen LogP contribution in [-0.4, -0.2) is 32.3 Å². The molecule has 1 rings (SSSR count). The molecule has 0 atom stereocenters. The summed E-state index contributed by atoms with van der Waals surface area (Å²) in [6, 6.07) is 0.